The molecule has 3 rings (SSSR count). The van der Waals surface area contributed by atoms with Crippen molar-refractivity contribution in [3.8, 4) is 0 Å². The number of hydrogen-bond donors (Lipinski definition) is 3. The molecule has 2 amide bonds. The molecule has 3 aromatic rings. The zero-order chi connectivity index (χ0) is 21.9. The number of pyridine rings is 1. The van der Waals surface area contributed by atoms with E-state index < -0.39 is 29.4 Å². The van der Waals surface area contributed by atoms with Crippen molar-refractivity contribution < 1.29 is 26.7 Å². The average molecular weight is 445 g/mol. The van der Waals surface area contributed by atoms with E-state index in [2.05, 4.69) is 20.9 Å². The number of hydrogen-bond acceptors (Lipinski definition) is 3. The van der Waals surface area contributed by atoms with E-state index in [1.54, 1.807) is 0 Å². The molecule has 158 valence electrons. The van der Waals surface area contributed by atoms with E-state index in [0.717, 1.165) is 30.3 Å². The maximum atomic E-state index is 13.8. The first-order valence-electron chi connectivity index (χ1n) is 8.54. The Balaban J connectivity index is 1.58. The molecule has 0 aliphatic rings. The number of alkyl halides is 3. The molecule has 3 N–H and O–H groups in total. The Kier molecular flexibility index (Phi) is 6.25. The van der Waals surface area contributed by atoms with E-state index in [4.69, 9.17) is 11.6 Å². The van der Waals surface area contributed by atoms with Crippen molar-refractivity contribution in [2.45, 2.75) is 6.18 Å². The molecule has 0 spiro atoms. The van der Waals surface area contributed by atoms with Gasteiger partial charge in [-0.3, -0.25) is 4.98 Å². The van der Waals surface area contributed by atoms with Gasteiger partial charge in [0.15, 0.2) is 5.82 Å². The summed E-state index contributed by atoms with van der Waals surface area (Å²) >= 11 is 5.82. The van der Waals surface area contributed by atoms with Gasteiger partial charge in [-0.25, -0.2) is 13.6 Å². The Hall–Kier alpha value is -3.14. The molecule has 30 heavy (non-hydrogen) atoms. The monoisotopic (exact) mass is 444 g/mol. The number of carbonyl (C=O) groups is 1. The van der Waals surface area contributed by atoms with Gasteiger partial charge < -0.3 is 16.0 Å². The minimum absolute atomic E-state index is 0.00806. The molecule has 0 saturated carbocycles. The van der Waals surface area contributed by atoms with Crippen LogP contribution >= 0.6 is 11.6 Å². The van der Waals surface area contributed by atoms with Gasteiger partial charge in [0.05, 0.1) is 16.3 Å². The highest BCUT2D eigenvalue weighted by atomic mass is 35.5. The summed E-state index contributed by atoms with van der Waals surface area (Å²) in [5, 5.41) is 7.78. The van der Waals surface area contributed by atoms with Crippen LogP contribution in [0.3, 0.4) is 0 Å². The highest BCUT2D eigenvalue weighted by Crippen LogP contribution is 2.33. The van der Waals surface area contributed by atoms with Crippen LogP contribution in [0, 0.1) is 11.6 Å². The third-order valence-electron chi connectivity index (χ3n) is 4.03. The van der Waals surface area contributed by atoms with E-state index >= 15 is 0 Å². The Bertz CT molecular complexity index is 1090. The van der Waals surface area contributed by atoms with Crippen molar-refractivity contribution in [3.63, 3.8) is 0 Å². The van der Waals surface area contributed by atoms with Crippen LogP contribution in [0.1, 0.15) is 5.56 Å². The standard InChI is InChI=1S/C19H14ClF5N4O/c20-13-2-1-10(19(23,24)25)7-16(13)29-18(30)28-6-5-26-15-3-4-27-17-12(15)8-11(21)9-14(17)22/h1-4,7-9H,5-6H2,(H,26,27)(H2,28,29,30). The maximum Gasteiger partial charge on any atom is 0.416 e. The van der Waals surface area contributed by atoms with Gasteiger partial charge in [-0.05, 0) is 30.3 Å². The Morgan fingerprint density at radius 3 is 2.53 bits per heavy atom. The Morgan fingerprint density at radius 2 is 1.80 bits per heavy atom. The van der Waals surface area contributed by atoms with Crippen molar-refractivity contribution in [1.29, 1.82) is 0 Å². The number of carbonyl (C=O) groups excluding carboxylic acids is 1. The lowest BCUT2D eigenvalue weighted by molar-refractivity contribution is -0.137. The lowest BCUT2D eigenvalue weighted by atomic mass is 10.1. The van der Waals surface area contributed by atoms with Crippen LogP contribution in [0.15, 0.2) is 42.6 Å². The predicted molar refractivity (Wildman–Crippen MR) is 104 cm³/mol. The molecule has 0 aliphatic heterocycles. The fourth-order valence-corrected chi connectivity index (χ4v) is 2.83. The van der Waals surface area contributed by atoms with Crippen LogP contribution in [0.5, 0.6) is 0 Å². The Morgan fingerprint density at radius 1 is 1.03 bits per heavy atom. The number of urea groups is 1. The van der Waals surface area contributed by atoms with Gasteiger partial charge in [-0.15, -0.1) is 0 Å². The van der Waals surface area contributed by atoms with Crippen LogP contribution in [0.25, 0.3) is 10.9 Å². The van der Waals surface area contributed by atoms with Crippen molar-refractivity contribution in [2.24, 2.45) is 0 Å². The van der Waals surface area contributed by atoms with Gasteiger partial charge in [0.25, 0.3) is 0 Å². The highest BCUT2D eigenvalue weighted by Gasteiger charge is 2.31. The molecule has 5 nitrogen and oxygen atoms in total. The van der Waals surface area contributed by atoms with Crippen molar-refractivity contribution in [1.82, 2.24) is 10.3 Å². The molecule has 1 heterocycles. The van der Waals surface area contributed by atoms with E-state index in [0.29, 0.717) is 5.69 Å². The highest BCUT2D eigenvalue weighted by molar-refractivity contribution is 6.33. The van der Waals surface area contributed by atoms with Crippen LogP contribution in [-0.4, -0.2) is 24.1 Å². The fraction of sp³-hybridized carbons (Fsp3) is 0.158. The summed E-state index contributed by atoms with van der Waals surface area (Å²) in [6, 6.07) is 5.17. The number of amides is 2. The van der Waals surface area contributed by atoms with Gasteiger partial charge in [0.1, 0.15) is 11.3 Å². The second-order valence-corrected chi connectivity index (χ2v) is 6.55. The minimum atomic E-state index is -4.58. The van der Waals surface area contributed by atoms with Crippen molar-refractivity contribution >= 4 is 39.9 Å². The molecule has 11 heteroatoms. The molecular weight excluding hydrogens is 431 g/mol. The van der Waals surface area contributed by atoms with E-state index in [-0.39, 0.29) is 34.7 Å². The van der Waals surface area contributed by atoms with E-state index in [9.17, 15) is 26.7 Å². The summed E-state index contributed by atoms with van der Waals surface area (Å²) in [5.74, 6) is -1.56. The second-order valence-electron chi connectivity index (χ2n) is 6.14. The SMILES string of the molecule is O=C(NCCNc1ccnc2c(F)cc(F)cc12)Nc1cc(C(F)(F)F)ccc1Cl. The van der Waals surface area contributed by atoms with Gasteiger partial charge in [0.2, 0.25) is 0 Å². The zero-order valence-electron chi connectivity index (χ0n) is 15.1. The molecular formula is C19H14ClF5N4O. The van der Waals surface area contributed by atoms with Crippen LogP contribution in [-0.2, 0) is 6.18 Å². The molecule has 0 fully saturated rings. The molecule has 0 atom stereocenters. The predicted octanol–water partition coefficient (Wildman–Crippen LogP) is 5.42. The smallest absolute Gasteiger partial charge is 0.383 e. The summed E-state index contributed by atoms with van der Waals surface area (Å²) in [7, 11) is 0. The zero-order valence-corrected chi connectivity index (χ0v) is 15.8. The lowest BCUT2D eigenvalue weighted by Gasteiger charge is -2.13. The first-order valence-corrected chi connectivity index (χ1v) is 8.92. The second kappa shape index (κ2) is 8.70. The van der Waals surface area contributed by atoms with E-state index in [1.807, 2.05) is 0 Å². The largest absolute Gasteiger partial charge is 0.416 e. The molecule has 0 bridgehead atoms. The number of halogens is 6. The number of rotatable bonds is 5. The summed E-state index contributed by atoms with van der Waals surface area (Å²) < 4.78 is 65.6. The quantitative estimate of drug-likeness (QED) is 0.364. The van der Waals surface area contributed by atoms with Crippen LogP contribution in [0.2, 0.25) is 5.02 Å². The Labute approximate surface area is 172 Å². The molecule has 0 unspecified atom stereocenters. The van der Waals surface area contributed by atoms with Crippen molar-refractivity contribution in [3.05, 3.63) is 64.8 Å². The number of fused-ring (bicyclic) bond motifs is 1. The summed E-state index contributed by atoms with van der Waals surface area (Å²) in [6.07, 6.45) is -3.23. The van der Waals surface area contributed by atoms with Gasteiger partial charge in [-0.2, -0.15) is 13.2 Å². The maximum absolute atomic E-state index is 13.8. The van der Waals surface area contributed by atoms with Crippen LogP contribution in [0.4, 0.5) is 38.1 Å². The van der Waals surface area contributed by atoms with Gasteiger partial charge in [0, 0.05) is 36.4 Å². The average Bonchev–Trinajstić information content (AvgIpc) is 2.66. The summed E-state index contributed by atoms with van der Waals surface area (Å²) in [6.45, 7) is 0.227. The number of anilines is 2. The topological polar surface area (TPSA) is 66.0 Å². The minimum Gasteiger partial charge on any atom is -0.383 e. The van der Waals surface area contributed by atoms with Crippen molar-refractivity contribution in [2.75, 3.05) is 23.7 Å². The number of aromatic nitrogens is 1. The first kappa shape index (κ1) is 21.6. The molecule has 1 aromatic heterocycles. The molecule has 0 radical (unpaired) electrons. The summed E-state index contributed by atoms with van der Waals surface area (Å²) in [5.41, 5.74) is -0.747. The molecule has 0 aliphatic carbocycles. The number of nitrogens with one attached hydrogen (secondary N) is 3. The van der Waals surface area contributed by atoms with Gasteiger partial charge in [-0.1, -0.05) is 11.6 Å². The lowest BCUT2D eigenvalue weighted by Crippen LogP contribution is -2.32. The van der Waals surface area contributed by atoms with Crippen LogP contribution < -0.4 is 16.0 Å². The normalized spacial score (nSPS) is 11.4. The number of benzene rings is 2. The fourth-order valence-electron chi connectivity index (χ4n) is 2.67. The third kappa shape index (κ3) is 5.07. The van der Waals surface area contributed by atoms with Gasteiger partial charge >= 0.3 is 12.2 Å². The molecule has 0 saturated heterocycles. The first-order chi connectivity index (χ1) is 14.1. The van der Waals surface area contributed by atoms with E-state index in [1.165, 1.54) is 12.3 Å². The third-order valence-corrected chi connectivity index (χ3v) is 4.36. The number of nitrogens with zero attached hydrogens (tertiary/aromatic N) is 1. The summed E-state index contributed by atoms with van der Waals surface area (Å²) in [4.78, 5) is 15.8. The molecule has 2 aromatic carbocycles.